The van der Waals surface area contributed by atoms with E-state index in [0.29, 0.717) is 30.9 Å². The molecule has 0 spiro atoms. The second-order valence-electron chi connectivity index (χ2n) is 3.08. The van der Waals surface area contributed by atoms with Gasteiger partial charge in [-0.3, -0.25) is 4.79 Å². The summed E-state index contributed by atoms with van der Waals surface area (Å²) in [6, 6.07) is 3.45. The molecule has 0 aliphatic carbocycles. The predicted molar refractivity (Wildman–Crippen MR) is 56.2 cm³/mol. The molecular formula is C11H15NO3. The van der Waals surface area contributed by atoms with Crippen LogP contribution in [0.1, 0.15) is 23.2 Å². The number of ketones is 1. The summed E-state index contributed by atoms with van der Waals surface area (Å²) in [6.07, 6.45) is 2.77. The Bertz CT molecular complexity index is 325. The van der Waals surface area contributed by atoms with E-state index in [1.807, 2.05) is 0 Å². The van der Waals surface area contributed by atoms with Gasteiger partial charge in [-0.15, -0.1) is 0 Å². The maximum atomic E-state index is 11.7. The molecule has 15 heavy (non-hydrogen) atoms. The van der Waals surface area contributed by atoms with Crippen molar-refractivity contribution in [3.63, 3.8) is 0 Å². The van der Waals surface area contributed by atoms with Gasteiger partial charge < -0.3 is 9.47 Å². The van der Waals surface area contributed by atoms with Crippen LogP contribution in [0.4, 0.5) is 0 Å². The van der Waals surface area contributed by atoms with Gasteiger partial charge in [0.2, 0.25) is 5.88 Å². The fourth-order valence-electron chi connectivity index (χ4n) is 1.28. The van der Waals surface area contributed by atoms with Crippen molar-refractivity contribution >= 4 is 5.78 Å². The molecule has 0 saturated carbocycles. The lowest BCUT2D eigenvalue weighted by atomic mass is 10.1. The second-order valence-corrected chi connectivity index (χ2v) is 3.08. The predicted octanol–water partition coefficient (Wildman–Crippen LogP) is 1.70. The quantitative estimate of drug-likeness (QED) is 0.528. The summed E-state index contributed by atoms with van der Waals surface area (Å²) in [5.74, 6) is 0.428. The Morgan fingerprint density at radius 2 is 2.27 bits per heavy atom. The van der Waals surface area contributed by atoms with Crippen LogP contribution in [0.15, 0.2) is 18.3 Å². The van der Waals surface area contributed by atoms with Crippen LogP contribution in [-0.4, -0.2) is 31.6 Å². The summed E-state index contributed by atoms with van der Waals surface area (Å²) in [7, 11) is 3.13. The van der Waals surface area contributed by atoms with E-state index in [1.54, 1.807) is 25.4 Å². The Balaban J connectivity index is 2.64. The molecule has 4 nitrogen and oxygen atoms in total. The first-order valence-corrected chi connectivity index (χ1v) is 4.80. The highest BCUT2D eigenvalue weighted by Crippen LogP contribution is 2.16. The lowest BCUT2D eigenvalue weighted by molar-refractivity contribution is 0.0959. The van der Waals surface area contributed by atoms with Crippen LogP contribution in [0.5, 0.6) is 5.88 Å². The molecule has 0 bridgehead atoms. The maximum absolute atomic E-state index is 11.7. The smallest absolute Gasteiger partial charge is 0.224 e. The Hall–Kier alpha value is -1.42. The van der Waals surface area contributed by atoms with Crippen molar-refractivity contribution in [1.29, 1.82) is 0 Å². The molecule has 0 unspecified atom stereocenters. The van der Waals surface area contributed by atoms with Gasteiger partial charge in [0.1, 0.15) is 0 Å². The molecule has 0 aliphatic heterocycles. The number of hydrogen-bond donors (Lipinski definition) is 0. The number of pyridine rings is 1. The number of carbonyl (C=O) groups excluding carboxylic acids is 1. The van der Waals surface area contributed by atoms with Gasteiger partial charge in [0.25, 0.3) is 0 Å². The van der Waals surface area contributed by atoms with Crippen molar-refractivity contribution in [2.45, 2.75) is 12.8 Å². The summed E-state index contributed by atoms with van der Waals surface area (Å²) < 4.78 is 9.90. The van der Waals surface area contributed by atoms with Crippen LogP contribution in [0, 0.1) is 0 Å². The fourth-order valence-corrected chi connectivity index (χ4v) is 1.28. The first-order valence-electron chi connectivity index (χ1n) is 4.80. The van der Waals surface area contributed by atoms with Crippen molar-refractivity contribution in [3.8, 4) is 5.88 Å². The molecule has 0 aliphatic rings. The molecule has 0 saturated heterocycles. The number of hydrogen-bond acceptors (Lipinski definition) is 4. The van der Waals surface area contributed by atoms with E-state index in [2.05, 4.69) is 4.98 Å². The van der Waals surface area contributed by atoms with E-state index in [-0.39, 0.29) is 5.78 Å². The Morgan fingerprint density at radius 3 is 2.93 bits per heavy atom. The lowest BCUT2D eigenvalue weighted by Crippen LogP contribution is -2.04. The number of rotatable bonds is 6. The van der Waals surface area contributed by atoms with Gasteiger partial charge in [0.05, 0.1) is 12.7 Å². The van der Waals surface area contributed by atoms with E-state index in [4.69, 9.17) is 9.47 Å². The molecule has 1 aromatic rings. The first-order chi connectivity index (χ1) is 7.29. The summed E-state index contributed by atoms with van der Waals surface area (Å²) >= 11 is 0. The monoisotopic (exact) mass is 209 g/mol. The Labute approximate surface area is 89.2 Å². The molecule has 4 heteroatoms. The van der Waals surface area contributed by atoms with Crippen molar-refractivity contribution in [2.24, 2.45) is 0 Å². The highest BCUT2D eigenvalue weighted by molar-refractivity contribution is 5.98. The normalized spacial score (nSPS) is 10.0. The summed E-state index contributed by atoms with van der Waals surface area (Å²) in [5, 5.41) is 0. The largest absolute Gasteiger partial charge is 0.480 e. The van der Waals surface area contributed by atoms with Crippen LogP contribution >= 0.6 is 0 Å². The lowest BCUT2D eigenvalue weighted by Gasteiger charge is -2.05. The van der Waals surface area contributed by atoms with Crippen LogP contribution in [-0.2, 0) is 4.74 Å². The maximum Gasteiger partial charge on any atom is 0.224 e. The zero-order valence-electron chi connectivity index (χ0n) is 9.03. The molecule has 0 radical (unpaired) electrons. The number of methoxy groups -OCH3 is 2. The van der Waals surface area contributed by atoms with Gasteiger partial charge in [0.15, 0.2) is 5.78 Å². The number of ether oxygens (including phenoxy) is 2. The summed E-state index contributed by atoms with van der Waals surface area (Å²) in [6.45, 7) is 0.592. The minimum absolute atomic E-state index is 0.0389. The first kappa shape index (κ1) is 11.7. The Morgan fingerprint density at radius 1 is 1.47 bits per heavy atom. The molecule has 1 heterocycles. The van der Waals surface area contributed by atoms with Crippen molar-refractivity contribution in [2.75, 3.05) is 20.8 Å². The third-order valence-corrected chi connectivity index (χ3v) is 2.02. The minimum Gasteiger partial charge on any atom is -0.480 e. The van der Waals surface area contributed by atoms with Gasteiger partial charge in [-0.25, -0.2) is 4.98 Å². The van der Waals surface area contributed by atoms with Gasteiger partial charge in [0, 0.05) is 26.3 Å². The highest BCUT2D eigenvalue weighted by Gasteiger charge is 2.11. The highest BCUT2D eigenvalue weighted by atomic mass is 16.5. The van der Waals surface area contributed by atoms with Gasteiger partial charge in [-0.05, 0) is 18.6 Å². The zero-order chi connectivity index (χ0) is 11.1. The molecule has 1 rings (SSSR count). The van der Waals surface area contributed by atoms with Gasteiger partial charge >= 0.3 is 0 Å². The second kappa shape index (κ2) is 6.14. The van der Waals surface area contributed by atoms with Crippen molar-refractivity contribution in [1.82, 2.24) is 4.98 Å². The number of aromatic nitrogens is 1. The third kappa shape index (κ3) is 3.32. The van der Waals surface area contributed by atoms with Crippen LogP contribution in [0.3, 0.4) is 0 Å². The Kier molecular flexibility index (Phi) is 4.77. The molecule has 0 fully saturated rings. The van der Waals surface area contributed by atoms with E-state index >= 15 is 0 Å². The average molecular weight is 209 g/mol. The molecule has 0 atom stereocenters. The number of nitrogens with zero attached hydrogens (tertiary/aromatic N) is 1. The van der Waals surface area contributed by atoms with Crippen molar-refractivity contribution < 1.29 is 14.3 Å². The molecule has 0 aromatic carbocycles. The third-order valence-electron chi connectivity index (χ3n) is 2.02. The topological polar surface area (TPSA) is 48.4 Å². The van der Waals surface area contributed by atoms with E-state index < -0.39 is 0 Å². The molecule has 82 valence electrons. The average Bonchev–Trinajstić information content (AvgIpc) is 2.29. The fraction of sp³-hybridized carbons (Fsp3) is 0.455. The van der Waals surface area contributed by atoms with E-state index in [1.165, 1.54) is 7.11 Å². The SMILES string of the molecule is COCCCC(=O)c1cccnc1OC. The van der Waals surface area contributed by atoms with Crippen LogP contribution in [0.2, 0.25) is 0 Å². The molecule has 0 amide bonds. The van der Waals surface area contributed by atoms with Crippen LogP contribution < -0.4 is 4.74 Å². The van der Waals surface area contributed by atoms with Gasteiger partial charge in [-0.2, -0.15) is 0 Å². The minimum atomic E-state index is 0.0389. The molecule has 0 N–H and O–H groups in total. The van der Waals surface area contributed by atoms with Crippen molar-refractivity contribution in [3.05, 3.63) is 23.9 Å². The standard InChI is InChI=1S/C11H15NO3/c1-14-8-4-6-10(13)9-5-3-7-12-11(9)15-2/h3,5,7H,4,6,8H2,1-2H3. The van der Waals surface area contributed by atoms with E-state index in [0.717, 1.165) is 0 Å². The number of carbonyl (C=O) groups is 1. The van der Waals surface area contributed by atoms with Gasteiger partial charge in [-0.1, -0.05) is 0 Å². The zero-order valence-corrected chi connectivity index (χ0v) is 9.03. The summed E-state index contributed by atoms with van der Waals surface area (Å²) in [4.78, 5) is 15.7. The number of Topliss-reactive ketones (excluding diaryl/α,β-unsaturated/α-hetero) is 1. The summed E-state index contributed by atoms with van der Waals surface area (Å²) in [5.41, 5.74) is 0.538. The molecule has 1 aromatic heterocycles. The van der Waals surface area contributed by atoms with Crippen LogP contribution in [0.25, 0.3) is 0 Å². The van der Waals surface area contributed by atoms with E-state index in [9.17, 15) is 4.79 Å². The molecular weight excluding hydrogens is 194 g/mol.